The van der Waals surface area contributed by atoms with E-state index in [1.54, 1.807) is 0 Å². The fourth-order valence-electron chi connectivity index (χ4n) is 1.34. The number of rotatable bonds is 4. The molecule has 5 heteroatoms. The van der Waals surface area contributed by atoms with Crippen molar-refractivity contribution in [3.05, 3.63) is 29.3 Å². The summed E-state index contributed by atoms with van der Waals surface area (Å²) in [6.45, 7) is 1.93. The predicted molar refractivity (Wildman–Crippen MR) is 67.5 cm³/mol. The van der Waals surface area contributed by atoms with Crippen LogP contribution in [0, 0.1) is 6.92 Å². The van der Waals surface area contributed by atoms with Gasteiger partial charge in [0.1, 0.15) is 0 Å². The lowest BCUT2D eigenvalue weighted by molar-refractivity contribution is -0.136. The maximum atomic E-state index is 10.4. The lowest BCUT2D eigenvalue weighted by Gasteiger charge is -2.09. The van der Waals surface area contributed by atoms with Crippen LogP contribution in [0.15, 0.2) is 18.2 Å². The van der Waals surface area contributed by atoms with E-state index in [-0.39, 0.29) is 11.5 Å². The van der Waals surface area contributed by atoms with E-state index in [0.29, 0.717) is 6.42 Å². The van der Waals surface area contributed by atoms with Crippen LogP contribution in [-0.2, 0) is 11.2 Å². The third-order valence-electron chi connectivity index (χ3n) is 2.19. The third kappa shape index (κ3) is 3.86. The van der Waals surface area contributed by atoms with Crippen LogP contribution in [-0.4, -0.2) is 16.2 Å². The highest BCUT2D eigenvalue weighted by atomic mass is 32.1. The third-order valence-corrected chi connectivity index (χ3v) is 2.29. The molecule has 0 bridgehead atoms. The van der Waals surface area contributed by atoms with E-state index >= 15 is 0 Å². The summed E-state index contributed by atoms with van der Waals surface area (Å²) in [5.74, 6) is -0.801. The topological polar surface area (TPSA) is 75.3 Å². The predicted octanol–water partition coefficient (Wildman–Crippen LogP) is 1.67. The van der Waals surface area contributed by atoms with Crippen LogP contribution < -0.4 is 11.1 Å². The Hall–Kier alpha value is -1.62. The highest BCUT2D eigenvalue weighted by molar-refractivity contribution is 7.80. The molecule has 0 heterocycles. The van der Waals surface area contributed by atoms with Crippen molar-refractivity contribution in [2.24, 2.45) is 5.73 Å². The van der Waals surface area contributed by atoms with Crippen molar-refractivity contribution in [3.63, 3.8) is 0 Å². The van der Waals surface area contributed by atoms with Crippen LogP contribution in [0.4, 0.5) is 5.69 Å². The lowest BCUT2D eigenvalue weighted by atomic mass is 10.1. The molecule has 0 fully saturated rings. The summed E-state index contributed by atoms with van der Waals surface area (Å²) in [6, 6.07) is 5.69. The minimum Gasteiger partial charge on any atom is -0.481 e. The number of carboxylic acid groups (broad SMARTS) is 1. The average molecular weight is 238 g/mol. The van der Waals surface area contributed by atoms with Gasteiger partial charge in [0.2, 0.25) is 0 Å². The van der Waals surface area contributed by atoms with Gasteiger partial charge in [-0.1, -0.05) is 12.1 Å². The van der Waals surface area contributed by atoms with Crippen LogP contribution in [0.3, 0.4) is 0 Å². The molecular formula is C11H14N2O2S. The number of benzene rings is 1. The van der Waals surface area contributed by atoms with Crippen molar-refractivity contribution in [2.45, 2.75) is 19.8 Å². The van der Waals surface area contributed by atoms with E-state index in [0.717, 1.165) is 16.8 Å². The molecule has 0 aromatic heterocycles. The zero-order valence-corrected chi connectivity index (χ0v) is 9.80. The van der Waals surface area contributed by atoms with Crippen molar-refractivity contribution < 1.29 is 9.90 Å². The normalized spacial score (nSPS) is 9.81. The SMILES string of the molecule is Cc1ccc(CCC(=O)O)cc1NC(N)=S. The fraction of sp³-hybridized carbons (Fsp3) is 0.273. The first-order valence-corrected chi connectivity index (χ1v) is 5.27. The van der Waals surface area contributed by atoms with Gasteiger partial charge in [-0.15, -0.1) is 0 Å². The molecule has 0 saturated carbocycles. The van der Waals surface area contributed by atoms with Gasteiger partial charge in [-0.3, -0.25) is 4.79 Å². The van der Waals surface area contributed by atoms with Crippen molar-refractivity contribution in [1.82, 2.24) is 0 Å². The summed E-state index contributed by atoms with van der Waals surface area (Å²) in [5.41, 5.74) is 8.19. The summed E-state index contributed by atoms with van der Waals surface area (Å²) in [5, 5.41) is 11.7. The minimum atomic E-state index is -0.801. The van der Waals surface area contributed by atoms with Gasteiger partial charge in [0.15, 0.2) is 5.11 Å². The van der Waals surface area contributed by atoms with Crippen molar-refractivity contribution in [2.75, 3.05) is 5.32 Å². The van der Waals surface area contributed by atoms with Gasteiger partial charge in [-0.25, -0.2) is 0 Å². The monoisotopic (exact) mass is 238 g/mol. The van der Waals surface area contributed by atoms with Crippen LogP contribution in [0.1, 0.15) is 17.5 Å². The number of carbonyl (C=O) groups is 1. The van der Waals surface area contributed by atoms with Crippen molar-refractivity contribution in [3.8, 4) is 0 Å². The quantitative estimate of drug-likeness (QED) is 0.696. The van der Waals surface area contributed by atoms with E-state index in [1.807, 2.05) is 25.1 Å². The second-order valence-corrected chi connectivity index (χ2v) is 3.97. The van der Waals surface area contributed by atoms with Crippen LogP contribution in [0.25, 0.3) is 0 Å². The van der Waals surface area contributed by atoms with E-state index in [1.165, 1.54) is 0 Å². The number of carboxylic acids is 1. The Morgan fingerprint density at radius 3 is 2.81 bits per heavy atom. The Balaban J connectivity index is 2.80. The molecule has 1 rings (SSSR count). The Morgan fingerprint density at radius 2 is 2.25 bits per heavy atom. The first-order valence-electron chi connectivity index (χ1n) is 4.87. The number of hydrogen-bond acceptors (Lipinski definition) is 2. The minimum absolute atomic E-state index is 0.121. The molecule has 0 radical (unpaired) electrons. The number of thiocarbonyl (C=S) groups is 1. The Bertz CT molecular complexity index is 418. The highest BCUT2D eigenvalue weighted by Crippen LogP contribution is 2.17. The first-order chi connectivity index (χ1) is 7.49. The van der Waals surface area contributed by atoms with E-state index in [4.69, 9.17) is 23.1 Å². The molecule has 0 saturated heterocycles. The Kier molecular flexibility index (Phi) is 4.25. The molecule has 0 amide bonds. The molecule has 0 aliphatic carbocycles. The molecule has 0 atom stereocenters. The number of nitrogens with two attached hydrogens (primary N) is 1. The van der Waals surface area contributed by atoms with Crippen LogP contribution in [0.2, 0.25) is 0 Å². The van der Waals surface area contributed by atoms with Crippen LogP contribution >= 0.6 is 12.2 Å². The second-order valence-electron chi connectivity index (χ2n) is 3.53. The second kappa shape index (κ2) is 5.46. The Labute approximate surface area is 99.5 Å². The maximum absolute atomic E-state index is 10.4. The van der Waals surface area contributed by atoms with Gasteiger partial charge in [-0.2, -0.15) is 0 Å². The van der Waals surface area contributed by atoms with Gasteiger partial charge >= 0.3 is 5.97 Å². The summed E-state index contributed by atoms with van der Waals surface area (Å²) < 4.78 is 0. The molecule has 4 N–H and O–H groups in total. The molecule has 16 heavy (non-hydrogen) atoms. The zero-order chi connectivity index (χ0) is 12.1. The van der Waals surface area contributed by atoms with Crippen LogP contribution in [0.5, 0.6) is 0 Å². The van der Waals surface area contributed by atoms with Gasteiger partial charge < -0.3 is 16.2 Å². The van der Waals surface area contributed by atoms with E-state index < -0.39 is 5.97 Å². The van der Waals surface area contributed by atoms with Gasteiger partial charge in [-0.05, 0) is 42.8 Å². The molecule has 0 spiro atoms. The van der Waals surface area contributed by atoms with Crippen molar-refractivity contribution in [1.29, 1.82) is 0 Å². The van der Waals surface area contributed by atoms with E-state index in [9.17, 15) is 4.79 Å². The lowest BCUT2D eigenvalue weighted by Crippen LogP contribution is -2.19. The standard InChI is InChI=1S/C11H14N2O2S/c1-7-2-3-8(4-5-10(14)15)6-9(7)13-11(12)16/h2-3,6H,4-5H2,1H3,(H,14,15)(H3,12,13,16). The molecular weight excluding hydrogens is 224 g/mol. The summed E-state index contributed by atoms with van der Waals surface area (Å²) in [7, 11) is 0. The molecule has 0 unspecified atom stereocenters. The summed E-state index contributed by atoms with van der Waals surface area (Å²) in [4.78, 5) is 10.4. The number of aliphatic carboxylic acids is 1. The number of nitrogens with one attached hydrogen (secondary N) is 1. The van der Waals surface area contributed by atoms with Gasteiger partial charge in [0, 0.05) is 12.1 Å². The number of hydrogen-bond donors (Lipinski definition) is 3. The Morgan fingerprint density at radius 1 is 1.56 bits per heavy atom. The summed E-state index contributed by atoms with van der Waals surface area (Å²) >= 11 is 4.76. The molecule has 0 aliphatic heterocycles. The molecule has 0 aliphatic rings. The molecule has 86 valence electrons. The highest BCUT2D eigenvalue weighted by Gasteiger charge is 2.03. The molecule has 4 nitrogen and oxygen atoms in total. The van der Waals surface area contributed by atoms with E-state index in [2.05, 4.69) is 5.32 Å². The van der Waals surface area contributed by atoms with Crippen molar-refractivity contribution >= 4 is 29.0 Å². The number of anilines is 1. The number of aryl methyl sites for hydroxylation is 2. The zero-order valence-electron chi connectivity index (χ0n) is 8.99. The largest absolute Gasteiger partial charge is 0.481 e. The smallest absolute Gasteiger partial charge is 0.303 e. The molecule has 1 aromatic carbocycles. The van der Waals surface area contributed by atoms with Gasteiger partial charge in [0.25, 0.3) is 0 Å². The first kappa shape index (κ1) is 12.4. The molecule has 1 aromatic rings. The maximum Gasteiger partial charge on any atom is 0.303 e. The summed E-state index contributed by atoms with van der Waals surface area (Å²) in [6.07, 6.45) is 0.622. The fourth-order valence-corrected chi connectivity index (χ4v) is 1.45. The average Bonchev–Trinajstić information content (AvgIpc) is 2.18. The van der Waals surface area contributed by atoms with Gasteiger partial charge in [0.05, 0.1) is 0 Å².